The second-order valence-electron chi connectivity index (χ2n) is 7.41. The Labute approximate surface area is 161 Å². The molecule has 0 aliphatic heterocycles. The molecule has 0 atom stereocenters. The van der Waals surface area contributed by atoms with Crippen molar-refractivity contribution in [2.24, 2.45) is 4.99 Å². The van der Waals surface area contributed by atoms with Crippen molar-refractivity contribution in [1.29, 1.82) is 0 Å². The van der Waals surface area contributed by atoms with Crippen LogP contribution in [0.3, 0.4) is 0 Å². The van der Waals surface area contributed by atoms with Crippen molar-refractivity contribution in [1.82, 2.24) is 0 Å². The largest absolute Gasteiger partial charge is 0.506 e. The topological polar surface area (TPSA) is 41.8 Å². The SMILES string of the molecule is COc1cccc2ccc(C=Nc3c(C(C)C)cccc3C(C)C)c(O)c12. The molecule has 0 spiro atoms. The van der Waals surface area contributed by atoms with Crippen molar-refractivity contribution >= 4 is 22.7 Å². The second kappa shape index (κ2) is 7.83. The summed E-state index contributed by atoms with van der Waals surface area (Å²) in [5.74, 6) is 1.61. The fourth-order valence-electron chi connectivity index (χ4n) is 3.41. The summed E-state index contributed by atoms with van der Waals surface area (Å²) >= 11 is 0. The number of ether oxygens (including phenoxy) is 1. The highest BCUT2D eigenvalue weighted by molar-refractivity contribution is 6.00. The van der Waals surface area contributed by atoms with Crippen LogP contribution in [0.1, 0.15) is 56.2 Å². The quantitative estimate of drug-likeness (QED) is 0.523. The van der Waals surface area contributed by atoms with Crippen LogP contribution >= 0.6 is 0 Å². The number of benzene rings is 3. The summed E-state index contributed by atoms with van der Waals surface area (Å²) in [6, 6.07) is 16.0. The number of aromatic hydroxyl groups is 1. The Hall–Kier alpha value is -2.81. The molecule has 3 nitrogen and oxygen atoms in total. The van der Waals surface area contributed by atoms with Gasteiger partial charge in [0.15, 0.2) is 0 Å². The first-order valence-electron chi connectivity index (χ1n) is 9.39. The standard InChI is InChI=1S/C24H27NO2/c1-15(2)19-9-7-10-20(16(3)4)23(19)25-14-18-13-12-17-8-6-11-21(27-5)22(17)24(18)26/h6-16,26H,1-5H3. The average molecular weight is 361 g/mol. The third kappa shape index (κ3) is 3.68. The first-order chi connectivity index (χ1) is 12.9. The van der Waals surface area contributed by atoms with Crippen LogP contribution < -0.4 is 4.74 Å². The van der Waals surface area contributed by atoms with E-state index in [0.29, 0.717) is 28.5 Å². The third-order valence-electron chi connectivity index (χ3n) is 4.91. The van der Waals surface area contributed by atoms with Crippen molar-refractivity contribution in [3.63, 3.8) is 0 Å². The molecular formula is C24H27NO2. The minimum Gasteiger partial charge on any atom is -0.506 e. The second-order valence-corrected chi connectivity index (χ2v) is 7.41. The highest BCUT2D eigenvalue weighted by Crippen LogP contribution is 2.37. The van der Waals surface area contributed by atoms with E-state index in [9.17, 15) is 5.11 Å². The Morgan fingerprint density at radius 1 is 0.889 bits per heavy atom. The van der Waals surface area contributed by atoms with Crippen molar-refractivity contribution in [3.8, 4) is 11.5 Å². The molecule has 0 heterocycles. The maximum Gasteiger partial charge on any atom is 0.135 e. The van der Waals surface area contributed by atoms with Crippen LogP contribution in [-0.2, 0) is 0 Å². The van der Waals surface area contributed by atoms with Crippen LogP contribution in [-0.4, -0.2) is 18.4 Å². The molecule has 1 N–H and O–H groups in total. The minimum atomic E-state index is 0.196. The number of aliphatic imine (C=N–C) groups is 1. The van der Waals surface area contributed by atoms with Gasteiger partial charge in [-0.3, -0.25) is 4.99 Å². The number of nitrogens with zero attached hydrogens (tertiary/aromatic N) is 1. The summed E-state index contributed by atoms with van der Waals surface area (Å²) in [4.78, 5) is 4.82. The van der Waals surface area contributed by atoms with Gasteiger partial charge in [-0.2, -0.15) is 0 Å². The lowest BCUT2D eigenvalue weighted by atomic mass is 9.93. The molecule has 0 fully saturated rings. The highest BCUT2D eigenvalue weighted by Gasteiger charge is 2.14. The summed E-state index contributed by atoms with van der Waals surface area (Å²) in [7, 11) is 1.61. The molecule has 0 amide bonds. The predicted molar refractivity (Wildman–Crippen MR) is 114 cm³/mol. The van der Waals surface area contributed by atoms with E-state index in [4.69, 9.17) is 9.73 Å². The minimum absolute atomic E-state index is 0.196. The van der Waals surface area contributed by atoms with Gasteiger partial charge in [-0.25, -0.2) is 0 Å². The molecule has 0 unspecified atom stereocenters. The van der Waals surface area contributed by atoms with Gasteiger partial charge in [-0.05, 0) is 40.5 Å². The Morgan fingerprint density at radius 3 is 2.11 bits per heavy atom. The Balaban J connectivity index is 2.14. The summed E-state index contributed by atoms with van der Waals surface area (Å²) in [5, 5.41) is 12.5. The van der Waals surface area contributed by atoms with Gasteiger partial charge in [0.25, 0.3) is 0 Å². The van der Waals surface area contributed by atoms with E-state index in [1.54, 1.807) is 13.3 Å². The van der Waals surface area contributed by atoms with Gasteiger partial charge >= 0.3 is 0 Å². The predicted octanol–water partition coefficient (Wildman–Crippen LogP) is 6.55. The van der Waals surface area contributed by atoms with Gasteiger partial charge < -0.3 is 9.84 Å². The molecular weight excluding hydrogens is 334 g/mol. The molecule has 3 rings (SSSR count). The molecule has 0 aliphatic carbocycles. The zero-order valence-electron chi connectivity index (χ0n) is 16.7. The maximum absolute atomic E-state index is 10.8. The first-order valence-corrected chi connectivity index (χ1v) is 9.39. The van der Waals surface area contributed by atoms with Gasteiger partial charge in [-0.1, -0.05) is 64.1 Å². The fraction of sp³-hybridized carbons (Fsp3) is 0.292. The van der Waals surface area contributed by atoms with Crippen LogP contribution in [0.25, 0.3) is 10.8 Å². The molecule has 0 saturated carbocycles. The molecule has 3 aromatic carbocycles. The summed E-state index contributed by atoms with van der Waals surface area (Å²) in [6.07, 6.45) is 1.76. The Morgan fingerprint density at radius 2 is 1.52 bits per heavy atom. The molecule has 0 aliphatic rings. The van der Waals surface area contributed by atoms with E-state index >= 15 is 0 Å². The van der Waals surface area contributed by atoms with Crippen molar-refractivity contribution in [2.45, 2.75) is 39.5 Å². The molecule has 27 heavy (non-hydrogen) atoms. The lowest BCUT2D eigenvalue weighted by Crippen LogP contribution is -1.96. The number of hydrogen-bond donors (Lipinski definition) is 1. The molecule has 0 bridgehead atoms. The van der Waals surface area contributed by atoms with Crippen LogP contribution in [0.5, 0.6) is 11.5 Å². The first kappa shape index (κ1) is 19.0. The fourth-order valence-corrected chi connectivity index (χ4v) is 3.41. The van der Waals surface area contributed by atoms with Gasteiger partial charge in [0.05, 0.1) is 18.2 Å². The average Bonchev–Trinajstić information content (AvgIpc) is 2.66. The zero-order valence-corrected chi connectivity index (χ0v) is 16.7. The third-order valence-corrected chi connectivity index (χ3v) is 4.91. The summed E-state index contributed by atoms with van der Waals surface area (Å²) in [6.45, 7) is 8.71. The number of phenols is 1. The lowest BCUT2D eigenvalue weighted by Gasteiger charge is -2.16. The number of fused-ring (bicyclic) bond motifs is 1. The van der Waals surface area contributed by atoms with E-state index in [2.05, 4.69) is 45.9 Å². The molecule has 0 radical (unpaired) electrons. The zero-order chi connectivity index (χ0) is 19.6. The van der Waals surface area contributed by atoms with Crippen LogP contribution in [0.4, 0.5) is 5.69 Å². The van der Waals surface area contributed by atoms with E-state index < -0.39 is 0 Å². The van der Waals surface area contributed by atoms with Gasteiger partial charge in [0.1, 0.15) is 11.5 Å². The number of hydrogen-bond acceptors (Lipinski definition) is 3. The Kier molecular flexibility index (Phi) is 5.50. The number of phenolic OH excluding ortho intramolecular Hbond substituents is 1. The number of methoxy groups -OCH3 is 1. The van der Waals surface area contributed by atoms with Crippen molar-refractivity contribution in [3.05, 3.63) is 65.2 Å². The van der Waals surface area contributed by atoms with Crippen molar-refractivity contribution < 1.29 is 9.84 Å². The number of rotatable bonds is 5. The van der Waals surface area contributed by atoms with E-state index in [1.807, 2.05) is 30.3 Å². The van der Waals surface area contributed by atoms with E-state index in [0.717, 1.165) is 11.1 Å². The van der Waals surface area contributed by atoms with Crippen LogP contribution in [0.15, 0.2) is 53.5 Å². The van der Waals surface area contributed by atoms with Crippen molar-refractivity contribution in [2.75, 3.05) is 7.11 Å². The Bertz CT molecular complexity index is 961. The number of para-hydroxylation sites is 1. The van der Waals surface area contributed by atoms with Crippen LogP contribution in [0, 0.1) is 0 Å². The summed E-state index contributed by atoms with van der Waals surface area (Å²) in [5.41, 5.74) is 4.12. The highest BCUT2D eigenvalue weighted by atomic mass is 16.5. The van der Waals surface area contributed by atoms with Gasteiger partial charge in [0, 0.05) is 11.8 Å². The molecule has 0 saturated heterocycles. The van der Waals surface area contributed by atoms with Crippen LogP contribution in [0.2, 0.25) is 0 Å². The van der Waals surface area contributed by atoms with Gasteiger partial charge in [0.2, 0.25) is 0 Å². The monoisotopic (exact) mass is 361 g/mol. The molecule has 3 aromatic rings. The molecule has 0 aromatic heterocycles. The van der Waals surface area contributed by atoms with E-state index in [-0.39, 0.29) is 5.75 Å². The van der Waals surface area contributed by atoms with E-state index in [1.165, 1.54) is 11.1 Å². The summed E-state index contributed by atoms with van der Waals surface area (Å²) < 4.78 is 5.42. The maximum atomic E-state index is 10.8. The lowest BCUT2D eigenvalue weighted by molar-refractivity contribution is 0.416. The smallest absolute Gasteiger partial charge is 0.135 e. The molecule has 140 valence electrons. The normalized spacial score (nSPS) is 11.8. The van der Waals surface area contributed by atoms with Gasteiger partial charge in [-0.15, -0.1) is 0 Å². The molecule has 3 heteroatoms.